The van der Waals surface area contributed by atoms with Gasteiger partial charge in [0.05, 0.1) is 0 Å². The highest BCUT2D eigenvalue weighted by Crippen LogP contribution is 2.26. The Labute approximate surface area is 154 Å². The van der Waals surface area contributed by atoms with Crippen molar-refractivity contribution in [2.24, 2.45) is 0 Å². The summed E-state index contributed by atoms with van der Waals surface area (Å²) >= 11 is 0. The Morgan fingerprint density at radius 2 is 1.21 bits per heavy atom. The van der Waals surface area contributed by atoms with Gasteiger partial charge in [-0.05, 0) is 70.5 Å². The standard InChI is InChI=1S/C19H45NO2Si2/c1-8-14-17-20(24(11-4,12-5)13-6)18-15-16-19-23(7,21-9-2)22-10-3/h8-19H2,1-7H3. The number of rotatable bonds is 16. The Hall–Kier alpha value is 0.314. The maximum absolute atomic E-state index is 5.98. The quantitative estimate of drug-likeness (QED) is 0.243. The van der Waals surface area contributed by atoms with Crippen molar-refractivity contribution in [3.05, 3.63) is 0 Å². The highest BCUT2D eigenvalue weighted by Gasteiger charge is 2.34. The van der Waals surface area contributed by atoms with Crippen LogP contribution >= 0.6 is 0 Å². The van der Waals surface area contributed by atoms with Crippen LogP contribution in [0.3, 0.4) is 0 Å². The minimum atomic E-state index is -1.92. The Balaban J connectivity index is 4.60. The Bertz CT molecular complexity index is 285. The van der Waals surface area contributed by atoms with Crippen molar-refractivity contribution in [2.45, 2.75) is 97.9 Å². The largest absolute Gasteiger partial charge is 0.395 e. The zero-order chi connectivity index (χ0) is 18.5. The molecule has 0 heterocycles. The molecule has 0 aliphatic carbocycles. The maximum atomic E-state index is 5.98. The Morgan fingerprint density at radius 1 is 0.708 bits per heavy atom. The third kappa shape index (κ3) is 8.13. The molecule has 0 aromatic carbocycles. The maximum Gasteiger partial charge on any atom is 0.334 e. The molecule has 0 bridgehead atoms. The number of nitrogens with zero attached hydrogens (tertiary/aromatic N) is 1. The van der Waals surface area contributed by atoms with Crippen LogP contribution in [0.5, 0.6) is 0 Å². The summed E-state index contributed by atoms with van der Waals surface area (Å²) in [5.41, 5.74) is 0. The van der Waals surface area contributed by atoms with E-state index < -0.39 is 16.8 Å². The summed E-state index contributed by atoms with van der Waals surface area (Å²) in [6, 6.07) is 5.32. The summed E-state index contributed by atoms with van der Waals surface area (Å²) in [6.07, 6.45) is 5.19. The molecule has 146 valence electrons. The van der Waals surface area contributed by atoms with E-state index in [0.29, 0.717) is 0 Å². The van der Waals surface area contributed by atoms with Crippen molar-refractivity contribution < 1.29 is 8.85 Å². The Kier molecular flexibility index (Phi) is 13.7. The third-order valence-electron chi connectivity index (χ3n) is 5.64. The van der Waals surface area contributed by atoms with Crippen molar-refractivity contribution in [1.82, 2.24) is 4.57 Å². The van der Waals surface area contributed by atoms with Gasteiger partial charge in [0.1, 0.15) is 8.24 Å². The first-order valence-corrected chi connectivity index (χ1v) is 15.6. The molecule has 0 saturated heterocycles. The van der Waals surface area contributed by atoms with Crippen LogP contribution < -0.4 is 0 Å². The molecule has 0 aliphatic rings. The zero-order valence-electron chi connectivity index (χ0n) is 17.7. The van der Waals surface area contributed by atoms with Gasteiger partial charge in [0, 0.05) is 13.2 Å². The second-order valence-corrected chi connectivity index (χ2v) is 15.6. The van der Waals surface area contributed by atoms with E-state index >= 15 is 0 Å². The molecule has 0 N–H and O–H groups in total. The molecule has 0 atom stereocenters. The number of hydrogen-bond donors (Lipinski definition) is 0. The molecule has 0 amide bonds. The summed E-state index contributed by atoms with van der Waals surface area (Å²) in [5, 5.41) is 0. The van der Waals surface area contributed by atoms with Gasteiger partial charge in [-0.15, -0.1) is 0 Å². The molecular weight excluding hydrogens is 330 g/mol. The first-order valence-electron chi connectivity index (χ1n) is 10.5. The molecule has 0 rings (SSSR count). The molecule has 0 aliphatic heterocycles. The molecule has 24 heavy (non-hydrogen) atoms. The van der Waals surface area contributed by atoms with Gasteiger partial charge in [0.15, 0.2) is 0 Å². The molecule has 3 nitrogen and oxygen atoms in total. The van der Waals surface area contributed by atoms with E-state index in [1.807, 2.05) is 0 Å². The fourth-order valence-electron chi connectivity index (χ4n) is 3.90. The van der Waals surface area contributed by atoms with E-state index in [2.05, 4.69) is 52.7 Å². The second-order valence-electron chi connectivity index (χ2n) is 7.08. The topological polar surface area (TPSA) is 21.7 Å². The summed E-state index contributed by atoms with van der Waals surface area (Å²) in [5.74, 6) is 0. The average molecular weight is 376 g/mol. The first-order chi connectivity index (χ1) is 11.5. The number of unbranched alkanes of at least 4 members (excludes halogenated alkanes) is 2. The normalized spacial score (nSPS) is 13.0. The molecular formula is C19H45NO2Si2. The molecule has 5 heteroatoms. The van der Waals surface area contributed by atoms with Crippen molar-refractivity contribution in [2.75, 3.05) is 26.3 Å². The van der Waals surface area contributed by atoms with Gasteiger partial charge in [-0.25, -0.2) is 0 Å². The minimum Gasteiger partial charge on any atom is -0.395 e. The van der Waals surface area contributed by atoms with Crippen LogP contribution in [0.2, 0.25) is 30.7 Å². The van der Waals surface area contributed by atoms with E-state index in [1.54, 1.807) is 0 Å². The van der Waals surface area contributed by atoms with Gasteiger partial charge in [-0.2, -0.15) is 0 Å². The van der Waals surface area contributed by atoms with E-state index in [-0.39, 0.29) is 0 Å². The Morgan fingerprint density at radius 3 is 1.62 bits per heavy atom. The molecule has 0 aromatic heterocycles. The third-order valence-corrected chi connectivity index (χ3v) is 14.4. The lowest BCUT2D eigenvalue weighted by atomic mass is 10.3. The van der Waals surface area contributed by atoms with E-state index in [0.717, 1.165) is 19.3 Å². The lowest BCUT2D eigenvalue weighted by Crippen LogP contribution is -2.53. The second kappa shape index (κ2) is 13.5. The van der Waals surface area contributed by atoms with Crippen LogP contribution in [0, 0.1) is 0 Å². The van der Waals surface area contributed by atoms with Gasteiger partial charge < -0.3 is 13.4 Å². The van der Waals surface area contributed by atoms with Crippen LogP contribution in [-0.2, 0) is 8.85 Å². The molecule has 0 spiro atoms. The fourth-order valence-corrected chi connectivity index (χ4v) is 10.5. The highest BCUT2D eigenvalue weighted by molar-refractivity contribution is 6.77. The molecule has 0 aromatic rings. The van der Waals surface area contributed by atoms with Crippen LogP contribution in [0.1, 0.15) is 67.2 Å². The van der Waals surface area contributed by atoms with Gasteiger partial charge in [0.25, 0.3) is 0 Å². The SMILES string of the molecule is CCCCN(CCCC[Si](C)(OCC)OCC)[Si](CC)(CC)CC. The average Bonchev–Trinajstić information content (AvgIpc) is 2.58. The van der Waals surface area contributed by atoms with Crippen LogP contribution in [0.4, 0.5) is 0 Å². The van der Waals surface area contributed by atoms with Crippen molar-refractivity contribution in [3.63, 3.8) is 0 Å². The van der Waals surface area contributed by atoms with Crippen LogP contribution in [0.25, 0.3) is 0 Å². The van der Waals surface area contributed by atoms with Crippen molar-refractivity contribution >= 4 is 16.8 Å². The van der Waals surface area contributed by atoms with E-state index in [4.69, 9.17) is 8.85 Å². The summed E-state index contributed by atoms with van der Waals surface area (Å²) < 4.78 is 14.9. The number of hydrogen-bond acceptors (Lipinski definition) is 3. The smallest absolute Gasteiger partial charge is 0.334 e. The van der Waals surface area contributed by atoms with Crippen molar-refractivity contribution in [3.8, 4) is 0 Å². The first kappa shape index (κ1) is 24.3. The van der Waals surface area contributed by atoms with E-state index in [9.17, 15) is 0 Å². The molecule has 0 unspecified atom stereocenters. The van der Waals surface area contributed by atoms with Gasteiger partial charge in [-0.3, -0.25) is 0 Å². The fraction of sp³-hybridized carbons (Fsp3) is 1.00. The van der Waals surface area contributed by atoms with Crippen molar-refractivity contribution in [1.29, 1.82) is 0 Å². The monoisotopic (exact) mass is 375 g/mol. The van der Waals surface area contributed by atoms with Crippen LogP contribution in [-0.4, -0.2) is 47.7 Å². The molecule has 0 fully saturated rings. The van der Waals surface area contributed by atoms with E-state index in [1.165, 1.54) is 56.9 Å². The molecule has 0 saturated carbocycles. The zero-order valence-corrected chi connectivity index (χ0v) is 19.7. The lowest BCUT2D eigenvalue weighted by Gasteiger charge is -2.41. The summed E-state index contributed by atoms with van der Waals surface area (Å²) in [4.78, 5) is 0. The molecule has 0 radical (unpaired) electrons. The van der Waals surface area contributed by atoms with Crippen LogP contribution in [0.15, 0.2) is 0 Å². The summed E-state index contributed by atoms with van der Waals surface area (Å²) in [7, 11) is -3.15. The highest BCUT2D eigenvalue weighted by atomic mass is 28.4. The van der Waals surface area contributed by atoms with Gasteiger partial charge in [0.2, 0.25) is 0 Å². The predicted octanol–water partition coefficient (Wildman–Crippen LogP) is 6.02. The minimum absolute atomic E-state index is 0.781. The van der Waals surface area contributed by atoms with Gasteiger partial charge in [-0.1, -0.05) is 40.5 Å². The van der Waals surface area contributed by atoms with Gasteiger partial charge >= 0.3 is 8.56 Å². The lowest BCUT2D eigenvalue weighted by molar-refractivity contribution is 0.188. The predicted molar refractivity (Wildman–Crippen MR) is 113 cm³/mol. The summed E-state index contributed by atoms with van der Waals surface area (Å²) in [6.45, 7) is 20.1.